The van der Waals surface area contributed by atoms with Crippen molar-refractivity contribution < 1.29 is 4.74 Å². The molecular formula is C13H20N4O. The van der Waals surface area contributed by atoms with E-state index in [9.17, 15) is 0 Å². The van der Waals surface area contributed by atoms with Crippen LogP contribution in [0, 0.1) is 0 Å². The lowest BCUT2D eigenvalue weighted by atomic mass is 10.2. The topological polar surface area (TPSA) is 63.4 Å². The molecule has 1 aromatic rings. The molecule has 0 bridgehead atoms. The molecule has 1 aliphatic heterocycles. The van der Waals surface area contributed by atoms with Crippen LogP contribution in [0.25, 0.3) is 0 Å². The van der Waals surface area contributed by atoms with Crippen LogP contribution in [0.4, 0.5) is 11.5 Å². The number of aromatic nitrogens is 1. The molecule has 98 valence electrons. The Labute approximate surface area is 107 Å². The summed E-state index contributed by atoms with van der Waals surface area (Å²) in [7, 11) is 1.59. The van der Waals surface area contributed by atoms with Gasteiger partial charge in [-0.05, 0) is 31.4 Å². The first-order chi connectivity index (χ1) is 8.76. The molecule has 5 nitrogen and oxygen atoms in total. The van der Waals surface area contributed by atoms with Gasteiger partial charge in [-0.3, -0.25) is 4.90 Å². The molecule has 18 heavy (non-hydrogen) atoms. The number of nitrogens with one attached hydrogen (secondary N) is 1. The second-order valence-corrected chi connectivity index (χ2v) is 5.15. The standard InChI is InChI=1S/C13H20N4O/c1-18-13-11(14)4-5-12(16-13)15-9-6-7-17(8-9)10-2-3-10/h4-5,9-10H,2-3,6-8,14H2,1H3,(H,15,16). The largest absolute Gasteiger partial charge is 0.479 e. The van der Waals surface area contributed by atoms with Gasteiger partial charge in [0.25, 0.3) is 0 Å². The summed E-state index contributed by atoms with van der Waals surface area (Å²) in [6.07, 6.45) is 3.94. The van der Waals surface area contributed by atoms with Gasteiger partial charge in [-0.1, -0.05) is 0 Å². The summed E-state index contributed by atoms with van der Waals surface area (Å²) in [4.78, 5) is 6.94. The van der Waals surface area contributed by atoms with Crippen molar-refractivity contribution in [1.29, 1.82) is 0 Å². The van der Waals surface area contributed by atoms with Gasteiger partial charge in [0, 0.05) is 25.2 Å². The highest BCUT2D eigenvalue weighted by atomic mass is 16.5. The molecule has 1 aliphatic carbocycles. The molecule has 2 aliphatic rings. The summed E-state index contributed by atoms with van der Waals surface area (Å²) in [5.74, 6) is 1.35. The number of pyridine rings is 1. The molecule has 0 radical (unpaired) electrons. The van der Waals surface area contributed by atoms with Gasteiger partial charge in [0.15, 0.2) is 0 Å². The van der Waals surface area contributed by atoms with Crippen LogP contribution in [0.15, 0.2) is 12.1 Å². The minimum atomic E-state index is 0.492. The number of hydrogen-bond donors (Lipinski definition) is 2. The van der Waals surface area contributed by atoms with Crippen LogP contribution < -0.4 is 15.8 Å². The monoisotopic (exact) mass is 248 g/mol. The van der Waals surface area contributed by atoms with E-state index in [0.29, 0.717) is 17.6 Å². The lowest BCUT2D eigenvalue weighted by Gasteiger charge is -2.16. The summed E-state index contributed by atoms with van der Waals surface area (Å²) in [6.45, 7) is 2.33. The number of ether oxygens (including phenoxy) is 1. The van der Waals surface area contributed by atoms with Gasteiger partial charge in [0.1, 0.15) is 5.82 Å². The molecule has 1 atom stereocenters. The number of nitrogens with zero attached hydrogens (tertiary/aromatic N) is 2. The molecule has 1 saturated carbocycles. The summed E-state index contributed by atoms with van der Waals surface area (Å²) >= 11 is 0. The smallest absolute Gasteiger partial charge is 0.238 e. The number of likely N-dealkylation sites (tertiary alicyclic amines) is 1. The number of hydrogen-bond acceptors (Lipinski definition) is 5. The molecule has 3 rings (SSSR count). The Morgan fingerprint density at radius 1 is 1.39 bits per heavy atom. The highest BCUT2D eigenvalue weighted by molar-refractivity contribution is 5.53. The Kier molecular flexibility index (Phi) is 2.99. The molecule has 5 heteroatoms. The minimum absolute atomic E-state index is 0.492. The zero-order valence-corrected chi connectivity index (χ0v) is 10.7. The quantitative estimate of drug-likeness (QED) is 0.841. The molecule has 0 aromatic carbocycles. The zero-order chi connectivity index (χ0) is 12.5. The van der Waals surface area contributed by atoms with Crippen LogP contribution in [0.2, 0.25) is 0 Å². The average molecular weight is 248 g/mol. The third-order valence-electron chi connectivity index (χ3n) is 3.72. The van der Waals surface area contributed by atoms with Crippen molar-refractivity contribution in [3.63, 3.8) is 0 Å². The van der Waals surface area contributed by atoms with E-state index >= 15 is 0 Å². The minimum Gasteiger partial charge on any atom is -0.479 e. The maximum Gasteiger partial charge on any atom is 0.238 e. The maximum atomic E-state index is 5.75. The van der Waals surface area contributed by atoms with Gasteiger partial charge in [-0.2, -0.15) is 4.98 Å². The van der Waals surface area contributed by atoms with Gasteiger partial charge >= 0.3 is 0 Å². The third-order valence-corrected chi connectivity index (χ3v) is 3.72. The van der Waals surface area contributed by atoms with E-state index in [-0.39, 0.29) is 0 Å². The van der Waals surface area contributed by atoms with Crippen molar-refractivity contribution in [2.75, 3.05) is 31.2 Å². The van der Waals surface area contributed by atoms with E-state index in [1.807, 2.05) is 12.1 Å². The predicted octanol–water partition coefficient (Wildman–Crippen LogP) is 1.32. The number of nitrogens with two attached hydrogens (primary N) is 1. The first-order valence-electron chi connectivity index (χ1n) is 6.57. The molecule has 1 aromatic heterocycles. The normalized spacial score (nSPS) is 24.2. The van der Waals surface area contributed by atoms with E-state index in [0.717, 1.165) is 18.4 Å². The fraction of sp³-hybridized carbons (Fsp3) is 0.615. The fourth-order valence-corrected chi connectivity index (χ4v) is 2.58. The van der Waals surface area contributed by atoms with Crippen molar-refractivity contribution in [2.24, 2.45) is 0 Å². The molecule has 2 fully saturated rings. The van der Waals surface area contributed by atoms with Crippen molar-refractivity contribution in [3.05, 3.63) is 12.1 Å². The summed E-state index contributed by atoms with van der Waals surface area (Å²) < 4.78 is 5.13. The Hall–Kier alpha value is -1.49. The van der Waals surface area contributed by atoms with E-state index in [4.69, 9.17) is 10.5 Å². The zero-order valence-electron chi connectivity index (χ0n) is 10.7. The van der Waals surface area contributed by atoms with Crippen molar-refractivity contribution >= 4 is 11.5 Å². The molecular weight excluding hydrogens is 228 g/mol. The molecule has 0 amide bonds. The van der Waals surface area contributed by atoms with Gasteiger partial charge in [0.2, 0.25) is 5.88 Å². The van der Waals surface area contributed by atoms with Crippen molar-refractivity contribution in [2.45, 2.75) is 31.3 Å². The van der Waals surface area contributed by atoms with E-state index in [1.54, 1.807) is 7.11 Å². The van der Waals surface area contributed by atoms with Crippen molar-refractivity contribution in [1.82, 2.24) is 9.88 Å². The molecule has 3 N–H and O–H groups in total. The Morgan fingerprint density at radius 2 is 2.22 bits per heavy atom. The van der Waals surface area contributed by atoms with Crippen molar-refractivity contribution in [3.8, 4) is 5.88 Å². The first-order valence-corrected chi connectivity index (χ1v) is 6.57. The Bertz CT molecular complexity index is 433. The SMILES string of the molecule is COc1nc(NC2CCN(C3CC3)C2)ccc1N. The summed E-state index contributed by atoms with van der Waals surface area (Å²) in [5.41, 5.74) is 6.33. The fourth-order valence-electron chi connectivity index (χ4n) is 2.58. The number of nitrogen functional groups attached to an aromatic ring is 1. The summed E-state index contributed by atoms with van der Waals surface area (Å²) in [5, 5.41) is 3.47. The van der Waals surface area contributed by atoms with Gasteiger partial charge in [-0.15, -0.1) is 0 Å². The highest BCUT2D eigenvalue weighted by Gasteiger charge is 2.34. The number of rotatable bonds is 4. The van der Waals surface area contributed by atoms with Crippen LogP contribution in [-0.4, -0.2) is 42.2 Å². The Balaban J connectivity index is 1.62. The second-order valence-electron chi connectivity index (χ2n) is 5.15. The van der Waals surface area contributed by atoms with E-state index in [2.05, 4.69) is 15.2 Å². The van der Waals surface area contributed by atoms with Crippen LogP contribution in [0.5, 0.6) is 5.88 Å². The highest BCUT2D eigenvalue weighted by Crippen LogP contribution is 2.30. The van der Waals surface area contributed by atoms with Crippen LogP contribution in [0.1, 0.15) is 19.3 Å². The van der Waals surface area contributed by atoms with E-state index in [1.165, 1.54) is 25.8 Å². The lowest BCUT2D eigenvalue weighted by molar-refractivity contribution is 0.326. The average Bonchev–Trinajstić information content (AvgIpc) is 3.13. The molecule has 1 unspecified atom stereocenters. The van der Waals surface area contributed by atoms with Crippen LogP contribution >= 0.6 is 0 Å². The number of methoxy groups -OCH3 is 1. The van der Waals surface area contributed by atoms with Gasteiger partial charge < -0.3 is 15.8 Å². The maximum absolute atomic E-state index is 5.75. The Morgan fingerprint density at radius 3 is 2.94 bits per heavy atom. The summed E-state index contributed by atoms with van der Waals surface area (Å²) in [6, 6.07) is 5.09. The van der Waals surface area contributed by atoms with Gasteiger partial charge in [0.05, 0.1) is 12.8 Å². The van der Waals surface area contributed by atoms with Crippen LogP contribution in [0.3, 0.4) is 0 Å². The first kappa shape index (κ1) is 11.6. The predicted molar refractivity (Wildman–Crippen MR) is 71.8 cm³/mol. The molecule has 0 spiro atoms. The third kappa shape index (κ3) is 2.36. The van der Waals surface area contributed by atoms with E-state index < -0.39 is 0 Å². The molecule has 1 saturated heterocycles. The second kappa shape index (κ2) is 4.65. The van der Waals surface area contributed by atoms with Crippen LogP contribution in [-0.2, 0) is 0 Å². The molecule has 2 heterocycles. The number of anilines is 2. The van der Waals surface area contributed by atoms with Gasteiger partial charge in [-0.25, -0.2) is 0 Å². The lowest BCUT2D eigenvalue weighted by Crippen LogP contribution is -2.28.